The van der Waals surface area contributed by atoms with Crippen molar-refractivity contribution in [1.82, 2.24) is 0 Å². The van der Waals surface area contributed by atoms with Crippen LogP contribution < -0.4 is 4.74 Å². The van der Waals surface area contributed by atoms with Gasteiger partial charge in [-0.2, -0.15) is 0 Å². The molecule has 0 bridgehead atoms. The summed E-state index contributed by atoms with van der Waals surface area (Å²) in [7, 11) is 1.26. The molecule has 0 aliphatic heterocycles. The van der Waals surface area contributed by atoms with E-state index in [-0.39, 0.29) is 16.9 Å². The molecule has 88 valence electrons. The van der Waals surface area contributed by atoms with Gasteiger partial charge in [0.1, 0.15) is 22.7 Å². The Morgan fingerprint density at radius 2 is 1.94 bits per heavy atom. The molecule has 1 N–H and O–H groups in total. The van der Waals surface area contributed by atoms with Gasteiger partial charge in [-0.25, -0.2) is 4.79 Å². The maximum atomic E-state index is 11.3. The van der Waals surface area contributed by atoms with Crippen molar-refractivity contribution in [3.05, 3.63) is 23.8 Å². The SMILES string of the molecule is COC(=O)c1cc(OC(C)(C)C)ccc1O. The highest BCUT2D eigenvalue weighted by atomic mass is 16.5. The molecule has 1 aromatic carbocycles. The Labute approximate surface area is 94.8 Å². The summed E-state index contributed by atoms with van der Waals surface area (Å²) < 4.78 is 10.1. The number of benzene rings is 1. The van der Waals surface area contributed by atoms with Crippen molar-refractivity contribution in [3.63, 3.8) is 0 Å². The number of rotatable bonds is 2. The zero-order valence-electron chi connectivity index (χ0n) is 9.90. The van der Waals surface area contributed by atoms with Gasteiger partial charge in [-0.3, -0.25) is 0 Å². The number of aromatic hydroxyl groups is 1. The number of esters is 1. The first-order valence-electron chi connectivity index (χ1n) is 4.94. The van der Waals surface area contributed by atoms with Crippen molar-refractivity contribution in [2.45, 2.75) is 26.4 Å². The minimum absolute atomic E-state index is 0.101. The largest absolute Gasteiger partial charge is 0.507 e. The molecule has 0 heterocycles. The van der Waals surface area contributed by atoms with Gasteiger partial charge < -0.3 is 14.6 Å². The van der Waals surface area contributed by atoms with Crippen LogP contribution in [0.1, 0.15) is 31.1 Å². The Balaban J connectivity index is 3.03. The summed E-state index contributed by atoms with van der Waals surface area (Å²) in [5.41, 5.74) is -0.256. The number of phenolic OH excluding ortho intramolecular Hbond substituents is 1. The lowest BCUT2D eigenvalue weighted by Gasteiger charge is -2.21. The fraction of sp³-hybridized carbons (Fsp3) is 0.417. The predicted molar refractivity (Wildman–Crippen MR) is 59.8 cm³/mol. The molecule has 1 rings (SSSR count). The van der Waals surface area contributed by atoms with E-state index >= 15 is 0 Å². The second kappa shape index (κ2) is 4.43. The van der Waals surface area contributed by atoms with Crippen LogP contribution >= 0.6 is 0 Å². The van der Waals surface area contributed by atoms with E-state index in [4.69, 9.17) is 4.74 Å². The molecule has 0 saturated carbocycles. The fourth-order valence-corrected chi connectivity index (χ4v) is 1.21. The van der Waals surface area contributed by atoms with Gasteiger partial charge in [0.05, 0.1) is 7.11 Å². The molecule has 16 heavy (non-hydrogen) atoms. The Morgan fingerprint density at radius 1 is 1.31 bits per heavy atom. The van der Waals surface area contributed by atoms with Crippen LogP contribution in [-0.2, 0) is 4.74 Å². The zero-order valence-corrected chi connectivity index (χ0v) is 9.90. The van der Waals surface area contributed by atoms with Crippen molar-refractivity contribution >= 4 is 5.97 Å². The fourth-order valence-electron chi connectivity index (χ4n) is 1.21. The average Bonchev–Trinajstić information content (AvgIpc) is 2.18. The maximum Gasteiger partial charge on any atom is 0.341 e. The molecular weight excluding hydrogens is 208 g/mol. The first-order valence-corrected chi connectivity index (χ1v) is 4.94. The first kappa shape index (κ1) is 12.4. The Kier molecular flexibility index (Phi) is 3.42. The molecule has 0 aromatic heterocycles. The number of hydrogen-bond donors (Lipinski definition) is 1. The lowest BCUT2D eigenvalue weighted by Crippen LogP contribution is -2.23. The second-order valence-electron chi connectivity index (χ2n) is 4.38. The van der Waals surface area contributed by atoms with Gasteiger partial charge in [0.2, 0.25) is 0 Å². The third kappa shape index (κ3) is 3.15. The van der Waals surface area contributed by atoms with E-state index in [0.29, 0.717) is 5.75 Å². The summed E-state index contributed by atoms with van der Waals surface area (Å²) in [6.07, 6.45) is 0. The summed E-state index contributed by atoms with van der Waals surface area (Å²) in [5.74, 6) is -0.185. The predicted octanol–water partition coefficient (Wildman–Crippen LogP) is 2.36. The molecule has 0 atom stereocenters. The molecule has 0 aliphatic rings. The van der Waals surface area contributed by atoms with Crippen molar-refractivity contribution in [2.75, 3.05) is 7.11 Å². The van der Waals surface area contributed by atoms with Gasteiger partial charge in [0.15, 0.2) is 0 Å². The van der Waals surface area contributed by atoms with Gasteiger partial charge in [-0.15, -0.1) is 0 Å². The molecule has 0 amide bonds. The molecule has 0 aliphatic carbocycles. The number of carbonyl (C=O) groups excluding carboxylic acids is 1. The van der Waals surface area contributed by atoms with Crippen molar-refractivity contribution in [2.24, 2.45) is 0 Å². The highest BCUT2D eigenvalue weighted by molar-refractivity contribution is 5.92. The van der Waals surface area contributed by atoms with E-state index in [9.17, 15) is 9.90 Å². The van der Waals surface area contributed by atoms with E-state index in [1.165, 1.54) is 19.2 Å². The van der Waals surface area contributed by atoms with Gasteiger partial charge in [0, 0.05) is 0 Å². The zero-order chi connectivity index (χ0) is 12.3. The Morgan fingerprint density at radius 3 is 2.44 bits per heavy atom. The lowest BCUT2D eigenvalue weighted by atomic mass is 10.1. The molecule has 0 spiro atoms. The van der Waals surface area contributed by atoms with Crippen LogP contribution in [0.25, 0.3) is 0 Å². The normalized spacial score (nSPS) is 11.0. The van der Waals surface area contributed by atoms with Gasteiger partial charge in [-0.1, -0.05) is 0 Å². The topological polar surface area (TPSA) is 55.8 Å². The first-order chi connectivity index (χ1) is 7.33. The number of methoxy groups -OCH3 is 1. The van der Waals surface area contributed by atoms with Crippen molar-refractivity contribution < 1.29 is 19.4 Å². The lowest BCUT2D eigenvalue weighted by molar-refractivity contribution is 0.0595. The summed E-state index contributed by atoms with van der Waals surface area (Å²) in [5, 5.41) is 9.48. The number of ether oxygens (including phenoxy) is 2. The molecule has 0 saturated heterocycles. The third-order valence-corrected chi connectivity index (χ3v) is 1.80. The standard InChI is InChI=1S/C12H16O4/c1-12(2,3)16-8-5-6-10(13)9(7-8)11(14)15-4/h5-7,13H,1-4H3. The van der Waals surface area contributed by atoms with Gasteiger partial charge in [-0.05, 0) is 39.0 Å². The van der Waals surface area contributed by atoms with Gasteiger partial charge >= 0.3 is 5.97 Å². The maximum absolute atomic E-state index is 11.3. The highest BCUT2D eigenvalue weighted by Crippen LogP contribution is 2.26. The molecule has 4 heteroatoms. The van der Waals surface area contributed by atoms with Crippen LogP contribution in [0.3, 0.4) is 0 Å². The van der Waals surface area contributed by atoms with Crippen LogP contribution in [0.4, 0.5) is 0 Å². The summed E-state index contributed by atoms with van der Waals surface area (Å²) in [6, 6.07) is 4.48. The molecule has 0 unspecified atom stereocenters. The minimum Gasteiger partial charge on any atom is -0.507 e. The van der Waals surface area contributed by atoms with E-state index in [0.717, 1.165) is 0 Å². The van der Waals surface area contributed by atoms with Crippen LogP contribution in [0.15, 0.2) is 18.2 Å². The summed E-state index contributed by atoms with van der Waals surface area (Å²) in [6.45, 7) is 5.70. The highest BCUT2D eigenvalue weighted by Gasteiger charge is 2.16. The van der Waals surface area contributed by atoms with E-state index in [2.05, 4.69) is 4.74 Å². The van der Waals surface area contributed by atoms with Crippen LogP contribution in [0.2, 0.25) is 0 Å². The third-order valence-electron chi connectivity index (χ3n) is 1.80. The molecule has 0 fully saturated rings. The number of phenols is 1. The van der Waals surface area contributed by atoms with E-state index < -0.39 is 5.97 Å². The number of hydrogen-bond acceptors (Lipinski definition) is 4. The summed E-state index contributed by atoms with van der Waals surface area (Å²) in [4.78, 5) is 11.3. The van der Waals surface area contributed by atoms with Crippen molar-refractivity contribution in [3.8, 4) is 11.5 Å². The quantitative estimate of drug-likeness (QED) is 0.783. The van der Waals surface area contributed by atoms with Crippen molar-refractivity contribution in [1.29, 1.82) is 0 Å². The van der Waals surface area contributed by atoms with E-state index in [1.54, 1.807) is 6.07 Å². The van der Waals surface area contributed by atoms with Crippen LogP contribution in [-0.4, -0.2) is 23.8 Å². The Hall–Kier alpha value is -1.71. The summed E-state index contributed by atoms with van der Waals surface area (Å²) >= 11 is 0. The molecule has 1 aromatic rings. The Bertz CT molecular complexity index is 390. The van der Waals surface area contributed by atoms with Crippen LogP contribution in [0.5, 0.6) is 11.5 Å². The van der Waals surface area contributed by atoms with E-state index in [1.807, 2.05) is 20.8 Å². The molecular formula is C12H16O4. The average molecular weight is 224 g/mol. The molecule has 4 nitrogen and oxygen atoms in total. The minimum atomic E-state index is -0.586. The smallest absolute Gasteiger partial charge is 0.341 e. The van der Waals surface area contributed by atoms with Crippen LogP contribution in [0, 0.1) is 0 Å². The number of carbonyl (C=O) groups is 1. The van der Waals surface area contributed by atoms with Gasteiger partial charge in [0.25, 0.3) is 0 Å². The second-order valence-corrected chi connectivity index (χ2v) is 4.38. The monoisotopic (exact) mass is 224 g/mol. The molecule has 0 radical (unpaired) electrons.